The van der Waals surface area contributed by atoms with Gasteiger partial charge >= 0.3 is 0 Å². The van der Waals surface area contributed by atoms with E-state index in [-0.39, 0.29) is 23.6 Å². The summed E-state index contributed by atoms with van der Waals surface area (Å²) in [5.41, 5.74) is 4.11. The van der Waals surface area contributed by atoms with Crippen LogP contribution in [0.1, 0.15) is 49.1 Å². The van der Waals surface area contributed by atoms with Gasteiger partial charge in [0, 0.05) is 11.6 Å². The average Bonchev–Trinajstić information content (AvgIpc) is 3.22. The molecule has 0 aliphatic carbocycles. The second-order valence-corrected chi connectivity index (χ2v) is 10.2. The van der Waals surface area contributed by atoms with Crippen molar-refractivity contribution >= 4 is 29.4 Å². The van der Waals surface area contributed by atoms with Gasteiger partial charge in [0.25, 0.3) is 0 Å². The minimum atomic E-state index is -0.698. The van der Waals surface area contributed by atoms with Crippen LogP contribution in [0.5, 0.6) is 0 Å². The Morgan fingerprint density at radius 1 is 0.906 bits per heavy atom. The Morgan fingerprint density at radius 2 is 1.59 bits per heavy atom. The number of ketones is 1. The van der Waals surface area contributed by atoms with Crippen molar-refractivity contribution in [3.63, 3.8) is 0 Å². The lowest BCUT2D eigenvalue weighted by Gasteiger charge is -2.37. The summed E-state index contributed by atoms with van der Waals surface area (Å²) >= 11 is 0. The third-order valence-electron chi connectivity index (χ3n) is 7.22. The van der Waals surface area contributed by atoms with Gasteiger partial charge < -0.3 is 4.90 Å². The summed E-state index contributed by atoms with van der Waals surface area (Å²) in [6, 6.07) is 12.6. The first kappa shape index (κ1) is 20.7. The molecule has 3 aliphatic rings. The first-order chi connectivity index (χ1) is 15.1. The lowest BCUT2D eigenvalue weighted by Crippen LogP contribution is -2.47. The predicted octanol–water partition coefficient (Wildman–Crippen LogP) is 4.43. The second-order valence-electron chi connectivity index (χ2n) is 10.2. The third kappa shape index (κ3) is 2.80. The molecule has 3 heterocycles. The first-order valence-corrected chi connectivity index (χ1v) is 11.1. The molecule has 0 radical (unpaired) electrons. The highest BCUT2D eigenvalue weighted by molar-refractivity contribution is 6.24. The van der Waals surface area contributed by atoms with Crippen molar-refractivity contribution in [2.45, 2.75) is 46.7 Å². The van der Waals surface area contributed by atoms with Gasteiger partial charge in [0.2, 0.25) is 11.8 Å². The van der Waals surface area contributed by atoms with Crippen LogP contribution >= 0.6 is 0 Å². The van der Waals surface area contributed by atoms with Crippen LogP contribution in [0.25, 0.3) is 6.08 Å². The molecule has 0 aromatic heterocycles. The quantitative estimate of drug-likeness (QED) is 0.664. The van der Waals surface area contributed by atoms with Crippen molar-refractivity contribution in [1.82, 2.24) is 4.90 Å². The van der Waals surface area contributed by atoms with Crippen LogP contribution in [0, 0.1) is 31.1 Å². The van der Waals surface area contributed by atoms with E-state index in [0.717, 1.165) is 22.3 Å². The number of nitrogens with zero attached hydrogens (tertiary/aromatic N) is 2. The number of aryl methyl sites for hydroxylation is 2. The second kappa shape index (κ2) is 6.89. The SMILES string of the molecule is Cc1ccc(N2C(=O)[C@@H]3[C@H](C2=O)[C@H]2c4ccccc4C=CN2[C@@H]3C(=O)C(C)(C)C)cc1C. The highest BCUT2D eigenvalue weighted by Gasteiger charge is 2.65. The average molecular weight is 429 g/mol. The zero-order valence-corrected chi connectivity index (χ0v) is 19.1. The third-order valence-corrected chi connectivity index (χ3v) is 7.22. The molecule has 5 heteroatoms. The highest BCUT2D eigenvalue weighted by atomic mass is 16.2. The highest BCUT2D eigenvalue weighted by Crippen LogP contribution is 2.54. The van der Waals surface area contributed by atoms with Gasteiger partial charge in [-0.3, -0.25) is 14.4 Å². The normalized spacial score (nSPS) is 26.3. The molecular formula is C27H28N2O3. The van der Waals surface area contributed by atoms with Crippen molar-refractivity contribution in [3.05, 3.63) is 70.9 Å². The summed E-state index contributed by atoms with van der Waals surface area (Å²) in [4.78, 5) is 44.5. The fraction of sp³-hybridized carbons (Fsp3) is 0.370. The maximum Gasteiger partial charge on any atom is 0.240 e. The van der Waals surface area contributed by atoms with Crippen LogP contribution in [0.2, 0.25) is 0 Å². The molecule has 2 fully saturated rings. The lowest BCUT2D eigenvalue weighted by molar-refractivity contribution is -0.135. The van der Waals surface area contributed by atoms with Gasteiger partial charge in [-0.25, -0.2) is 4.90 Å². The Bertz CT molecular complexity index is 1190. The Hall–Kier alpha value is -3.21. The van der Waals surface area contributed by atoms with Crippen LogP contribution < -0.4 is 4.90 Å². The van der Waals surface area contributed by atoms with E-state index in [0.29, 0.717) is 5.69 Å². The zero-order valence-electron chi connectivity index (χ0n) is 19.1. The molecule has 0 N–H and O–H groups in total. The van der Waals surface area contributed by atoms with E-state index in [1.807, 2.05) is 94.3 Å². The molecule has 0 spiro atoms. The number of rotatable bonds is 2. The number of anilines is 1. The maximum atomic E-state index is 13.8. The molecule has 0 unspecified atom stereocenters. The van der Waals surface area contributed by atoms with Crippen LogP contribution in [-0.4, -0.2) is 28.5 Å². The van der Waals surface area contributed by atoms with Gasteiger partial charge in [-0.1, -0.05) is 51.1 Å². The molecule has 32 heavy (non-hydrogen) atoms. The number of imide groups is 1. The van der Waals surface area contributed by atoms with Crippen molar-refractivity contribution in [2.75, 3.05) is 4.90 Å². The molecule has 2 aromatic rings. The number of benzene rings is 2. The standard InChI is InChI=1S/C27H28N2O3/c1-15-10-11-18(14-16(15)2)29-25(31)20-21(26(29)32)23(24(30)27(3,4)5)28-13-12-17-8-6-7-9-19(17)22(20)28/h6-14,20-23H,1-5H3/t20-,21+,22+,23-/m0/s1. The van der Waals surface area contributed by atoms with Gasteiger partial charge in [-0.15, -0.1) is 0 Å². The van der Waals surface area contributed by atoms with Gasteiger partial charge in [0.1, 0.15) is 6.04 Å². The Morgan fingerprint density at radius 3 is 2.28 bits per heavy atom. The molecule has 2 saturated heterocycles. The predicted molar refractivity (Wildman–Crippen MR) is 124 cm³/mol. The van der Waals surface area contributed by atoms with Crippen molar-refractivity contribution in [3.8, 4) is 0 Å². The van der Waals surface area contributed by atoms with Gasteiger partial charge in [0.05, 0.1) is 23.6 Å². The Balaban J connectivity index is 1.67. The summed E-state index contributed by atoms with van der Waals surface area (Å²) in [7, 11) is 0. The molecule has 5 nitrogen and oxygen atoms in total. The molecule has 3 aliphatic heterocycles. The summed E-state index contributed by atoms with van der Waals surface area (Å²) < 4.78 is 0. The fourth-order valence-electron chi connectivity index (χ4n) is 5.42. The smallest absolute Gasteiger partial charge is 0.240 e. The van der Waals surface area contributed by atoms with E-state index in [9.17, 15) is 14.4 Å². The molecule has 2 aromatic carbocycles. The summed E-state index contributed by atoms with van der Waals surface area (Å²) in [6.45, 7) is 9.61. The van der Waals surface area contributed by atoms with E-state index < -0.39 is 23.3 Å². The lowest BCUT2D eigenvalue weighted by atomic mass is 9.79. The number of hydrogen-bond acceptors (Lipinski definition) is 4. The van der Waals surface area contributed by atoms with Gasteiger partial charge in [-0.2, -0.15) is 0 Å². The van der Waals surface area contributed by atoms with Crippen molar-refractivity contribution in [1.29, 1.82) is 0 Å². The Kier molecular flexibility index (Phi) is 4.45. The van der Waals surface area contributed by atoms with E-state index in [2.05, 4.69) is 0 Å². The Labute approximate surface area is 188 Å². The first-order valence-electron chi connectivity index (χ1n) is 11.1. The fourth-order valence-corrected chi connectivity index (χ4v) is 5.42. The molecule has 2 amide bonds. The number of carbonyl (C=O) groups is 3. The molecule has 4 atom stereocenters. The van der Waals surface area contributed by atoms with Gasteiger partial charge in [-0.05, 0) is 54.3 Å². The minimum absolute atomic E-state index is 0.0119. The van der Waals surface area contributed by atoms with Crippen molar-refractivity contribution < 1.29 is 14.4 Å². The summed E-state index contributed by atoms with van der Waals surface area (Å²) in [5, 5.41) is 0. The topological polar surface area (TPSA) is 57.7 Å². The van der Waals surface area contributed by atoms with Crippen LogP contribution in [-0.2, 0) is 14.4 Å². The number of hydrogen-bond donors (Lipinski definition) is 0. The molecule has 0 bridgehead atoms. The molecular weight excluding hydrogens is 400 g/mol. The van der Waals surface area contributed by atoms with E-state index in [1.165, 1.54) is 4.90 Å². The van der Waals surface area contributed by atoms with E-state index in [4.69, 9.17) is 0 Å². The van der Waals surface area contributed by atoms with E-state index in [1.54, 1.807) is 0 Å². The number of Topliss-reactive ketones (excluding diaryl/α,β-unsaturated/α-hetero) is 1. The maximum absolute atomic E-state index is 13.8. The molecule has 164 valence electrons. The van der Waals surface area contributed by atoms with E-state index >= 15 is 0 Å². The van der Waals surface area contributed by atoms with Crippen LogP contribution in [0.4, 0.5) is 5.69 Å². The van der Waals surface area contributed by atoms with Gasteiger partial charge in [0.15, 0.2) is 5.78 Å². The van der Waals surface area contributed by atoms with Crippen molar-refractivity contribution in [2.24, 2.45) is 17.3 Å². The number of fused-ring (bicyclic) bond motifs is 5. The number of amides is 2. The molecule has 0 saturated carbocycles. The van der Waals surface area contributed by atoms with Crippen LogP contribution in [0.15, 0.2) is 48.7 Å². The van der Waals surface area contributed by atoms with Crippen LogP contribution in [0.3, 0.4) is 0 Å². The zero-order chi connectivity index (χ0) is 22.9. The molecule has 5 rings (SSSR count). The summed E-state index contributed by atoms with van der Waals surface area (Å²) in [5.74, 6) is -1.79. The minimum Gasteiger partial charge on any atom is -0.359 e. The number of carbonyl (C=O) groups excluding carboxylic acids is 3. The summed E-state index contributed by atoms with van der Waals surface area (Å²) in [6.07, 6.45) is 3.88. The monoisotopic (exact) mass is 428 g/mol. The largest absolute Gasteiger partial charge is 0.359 e.